The Bertz CT molecular complexity index is 1270. The van der Waals surface area contributed by atoms with Gasteiger partial charge in [-0.05, 0) is 72.4 Å². The van der Waals surface area contributed by atoms with Crippen LogP contribution < -0.4 is 9.47 Å². The third kappa shape index (κ3) is 8.76. The van der Waals surface area contributed by atoms with Crippen molar-refractivity contribution in [3.8, 4) is 17.2 Å². The Labute approximate surface area is 230 Å². The molecule has 0 saturated heterocycles. The molecule has 0 fully saturated rings. The van der Waals surface area contributed by atoms with Crippen LogP contribution in [-0.2, 0) is 29.0 Å². The second kappa shape index (κ2) is 14.4. The molecule has 0 radical (unpaired) electrons. The third-order valence-corrected chi connectivity index (χ3v) is 6.66. The molecule has 0 aromatic heterocycles. The molecule has 38 heavy (non-hydrogen) atoms. The van der Waals surface area contributed by atoms with E-state index in [0.717, 1.165) is 35.5 Å². The number of hydrogen-bond acceptors (Lipinski definition) is 4. The number of benzene rings is 4. The van der Waals surface area contributed by atoms with Gasteiger partial charge in [0.15, 0.2) is 0 Å². The first kappa shape index (κ1) is 27.4. The molecule has 4 aromatic carbocycles. The van der Waals surface area contributed by atoms with Crippen molar-refractivity contribution >= 4 is 17.4 Å². The predicted molar refractivity (Wildman–Crippen MR) is 152 cm³/mol. The third-order valence-electron chi connectivity index (χ3n) is 6.35. The average molecular weight is 529 g/mol. The molecule has 0 N–H and O–H groups in total. The van der Waals surface area contributed by atoms with E-state index in [9.17, 15) is 4.79 Å². The number of hydrogen-bond donors (Lipinski definition) is 0. The number of ketones is 1. The first-order valence-electron chi connectivity index (χ1n) is 12.9. The molecule has 0 aliphatic carbocycles. The molecule has 1 unspecified atom stereocenters. The van der Waals surface area contributed by atoms with Gasteiger partial charge in [0.2, 0.25) is 0 Å². The highest BCUT2D eigenvalue weighted by atomic mass is 35.5. The van der Waals surface area contributed by atoms with Crippen molar-refractivity contribution in [3.05, 3.63) is 125 Å². The van der Waals surface area contributed by atoms with Crippen molar-refractivity contribution < 1.29 is 19.0 Å². The van der Waals surface area contributed by atoms with Gasteiger partial charge in [0.05, 0.1) is 24.8 Å². The molecule has 1 atom stereocenters. The van der Waals surface area contributed by atoms with Gasteiger partial charge in [-0.15, -0.1) is 0 Å². The van der Waals surface area contributed by atoms with Crippen LogP contribution in [0.1, 0.15) is 36.0 Å². The predicted octanol–water partition coefficient (Wildman–Crippen LogP) is 8.25. The van der Waals surface area contributed by atoms with Gasteiger partial charge in [0, 0.05) is 12.8 Å². The topological polar surface area (TPSA) is 44.8 Å². The summed E-state index contributed by atoms with van der Waals surface area (Å²) in [4.78, 5) is 12.9. The lowest BCUT2D eigenvalue weighted by Gasteiger charge is -2.18. The second-order valence-corrected chi connectivity index (χ2v) is 9.64. The number of Topliss-reactive ketones (excluding diaryl/α,β-unsaturated/α-hetero) is 1. The van der Waals surface area contributed by atoms with E-state index in [-0.39, 0.29) is 11.9 Å². The highest BCUT2D eigenvalue weighted by Gasteiger charge is 2.16. The number of carbonyl (C=O) groups excluding carboxylic acids is 1. The number of halogens is 1. The van der Waals surface area contributed by atoms with E-state index >= 15 is 0 Å². The number of rotatable bonds is 14. The molecule has 4 aromatic rings. The lowest BCUT2D eigenvalue weighted by atomic mass is 9.99. The zero-order valence-electron chi connectivity index (χ0n) is 21.6. The number of methoxy groups -OCH3 is 1. The summed E-state index contributed by atoms with van der Waals surface area (Å²) in [5, 5.41) is 0.566. The smallest absolute Gasteiger partial charge is 0.137 e. The van der Waals surface area contributed by atoms with Gasteiger partial charge in [0.25, 0.3) is 0 Å². The van der Waals surface area contributed by atoms with Crippen LogP contribution in [0, 0.1) is 0 Å². The molecule has 0 amide bonds. The largest absolute Gasteiger partial charge is 0.495 e. The summed E-state index contributed by atoms with van der Waals surface area (Å²) in [6.07, 6.45) is 2.87. The van der Waals surface area contributed by atoms with Crippen LogP contribution in [-0.4, -0.2) is 19.0 Å². The Morgan fingerprint density at radius 1 is 0.763 bits per heavy atom. The quantitative estimate of drug-likeness (QED) is 0.165. The Morgan fingerprint density at radius 2 is 1.42 bits per heavy atom. The fraction of sp³-hybridized carbons (Fsp3) is 0.242. The van der Waals surface area contributed by atoms with Crippen LogP contribution in [0.2, 0.25) is 5.02 Å². The summed E-state index contributed by atoms with van der Waals surface area (Å²) in [7, 11) is 1.59. The number of para-hydroxylation sites is 1. The lowest BCUT2D eigenvalue weighted by molar-refractivity contribution is -0.122. The molecule has 5 heteroatoms. The normalized spacial score (nSPS) is 11.6. The molecule has 0 heterocycles. The minimum atomic E-state index is -0.164. The van der Waals surface area contributed by atoms with E-state index in [2.05, 4.69) is 12.1 Å². The molecule has 0 aliphatic rings. The van der Waals surface area contributed by atoms with Crippen LogP contribution in [0.15, 0.2) is 103 Å². The van der Waals surface area contributed by atoms with Crippen LogP contribution in [0.3, 0.4) is 0 Å². The maximum atomic E-state index is 12.9. The summed E-state index contributed by atoms with van der Waals surface area (Å²) >= 11 is 6.13. The maximum Gasteiger partial charge on any atom is 0.137 e. The first-order chi connectivity index (χ1) is 18.6. The van der Waals surface area contributed by atoms with Gasteiger partial charge in [-0.25, -0.2) is 0 Å². The monoisotopic (exact) mass is 528 g/mol. The second-order valence-electron chi connectivity index (χ2n) is 9.23. The van der Waals surface area contributed by atoms with Gasteiger partial charge in [-0.3, -0.25) is 4.79 Å². The van der Waals surface area contributed by atoms with Gasteiger partial charge < -0.3 is 14.2 Å². The molecular formula is C33H33ClO4. The minimum Gasteiger partial charge on any atom is -0.495 e. The molecule has 0 saturated carbocycles. The molecule has 0 bridgehead atoms. The summed E-state index contributed by atoms with van der Waals surface area (Å²) in [5.74, 6) is 2.42. The number of ether oxygens (including phenoxy) is 3. The minimum absolute atomic E-state index is 0.164. The number of carbonyl (C=O) groups is 1. The van der Waals surface area contributed by atoms with E-state index in [1.165, 1.54) is 5.56 Å². The Hall–Kier alpha value is -3.60. The van der Waals surface area contributed by atoms with E-state index in [0.29, 0.717) is 36.6 Å². The summed E-state index contributed by atoms with van der Waals surface area (Å²) in [6.45, 7) is 0.483. The zero-order chi connectivity index (χ0) is 26.6. The highest BCUT2D eigenvalue weighted by molar-refractivity contribution is 6.32. The van der Waals surface area contributed by atoms with Crippen molar-refractivity contribution in [1.82, 2.24) is 0 Å². The molecular weight excluding hydrogens is 496 g/mol. The Balaban J connectivity index is 1.33. The van der Waals surface area contributed by atoms with Crippen molar-refractivity contribution in [3.63, 3.8) is 0 Å². The SMILES string of the molecule is COc1cc(CCC(=O)CC(CCc2ccc(Oc3ccccc3)cc2)OCc2ccccc2)ccc1Cl. The number of aryl methyl sites for hydroxylation is 2. The highest BCUT2D eigenvalue weighted by Crippen LogP contribution is 2.26. The maximum absolute atomic E-state index is 12.9. The molecule has 0 spiro atoms. The van der Waals surface area contributed by atoms with Crippen molar-refractivity contribution in [2.24, 2.45) is 0 Å². The molecule has 0 aliphatic heterocycles. The van der Waals surface area contributed by atoms with E-state index < -0.39 is 0 Å². The summed E-state index contributed by atoms with van der Waals surface area (Å²) in [6, 6.07) is 33.5. The van der Waals surface area contributed by atoms with Crippen molar-refractivity contribution in [2.75, 3.05) is 7.11 Å². The van der Waals surface area contributed by atoms with E-state index in [1.54, 1.807) is 7.11 Å². The van der Waals surface area contributed by atoms with Crippen LogP contribution in [0.25, 0.3) is 0 Å². The fourth-order valence-corrected chi connectivity index (χ4v) is 4.40. The van der Waals surface area contributed by atoms with Gasteiger partial charge in [-0.1, -0.05) is 78.3 Å². The van der Waals surface area contributed by atoms with Crippen LogP contribution in [0.4, 0.5) is 0 Å². The van der Waals surface area contributed by atoms with Gasteiger partial charge in [0.1, 0.15) is 23.0 Å². The standard InChI is InChI=1S/C33H33ClO4/c1-36-33-22-26(16-21-32(33)34)12-17-28(35)23-31(37-24-27-8-4-2-5-9-27)20-15-25-13-18-30(19-14-25)38-29-10-6-3-7-11-29/h2-11,13-14,16,18-19,21-22,31H,12,15,17,20,23-24H2,1H3. The van der Waals surface area contributed by atoms with E-state index in [4.69, 9.17) is 25.8 Å². The molecule has 4 rings (SSSR count). The summed E-state index contributed by atoms with van der Waals surface area (Å²) < 4.78 is 17.4. The van der Waals surface area contributed by atoms with Crippen LogP contribution >= 0.6 is 11.6 Å². The van der Waals surface area contributed by atoms with E-state index in [1.807, 2.05) is 91.0 Å². The molecule has 196 valence electrons. The van der Waals surface area contributed by atoms with Crippen molar-refractivity contribution in [2.45, 2.75) is 44.8 Å². The van der Waals surface area contributed by atoms with Crippen molar-refractivity contribution in [1.29, 1.82) is 0 Å². The summed E-state index contributed by atoms with van der Waals surface area (Å²) in [5.41, 5.74) is 3.30. The zero-order valence-corrected chi connectivity index (χ0v) is 22.4. The Kier molecular flexibility index (Phi) is 10.4. The fourth-order valence-electron chi connectivity index (χ4n) is 4.21. The first-order valence-corrected chi connectivity index (χ1v) is 13.3. The molecule has 4 nitrogen and oxygen atoms in total. The van der Waals surface area contributed by atoms with Gasteiger partial charge in [-0.2, -0.15) is 0 Å². The lowest BCUT2D eigenvalue weighted by Crippen LogP contribution is -2.19. The average Bonchev–Trinajstić information content (AvgIpc) is 2.96. The van der Waals surface area contributed by atoms with Gasteiger partial charge >= 0.3 is 0 Å². The van der Waals surface area contributed by atoms with Crippen LogP contribution in [0.5, 0.6) is 17.2 Å². The Morgan fingerprint density at radius 3 is 2.13 bits per heavy atom.